The van der Waals surface area contributed by atoms with E-state index in [1.807, 2.05) is 36.4 Å². The summed E-state index contributed by atoms with van der Waals surface area (Å²) >= 11 is 6.58. The number of aromatic nitrogens is 1. The third kappa shape index (κ3) is 4.61. The van der Waals surface area contributed by atoms with Crippen molar-refractivity contribution in [1.82, 2.24) is 9.99 Å². The van der Waals surface area contributed by atoms with Gasteiger partial charge in [0.2, 0.25) is 5.91 Å². The van der Waals surface area contributed by atoms with Crippen LogP contribution in [0.5, 0.6) is 11.5 Å². The molecule has 0 radical (unpaired) electrons. The number of hydrogen-bond donors (Lipinski definition) is 1. The molecule has 1 atom stereocenters. The number of carboxylic acids is 1. The first-order chi connectivity index (χ1) is 15.9. The zero-order valence-electron chi connectivity index (χ0n) is 18.1. The maximum absolute atomic E-state index is 12.9. The number of amides is 1. The fourth-order valence-electron chi connectivity index (χ4n) is 3.84. The number of rotatable bonds is 7. The molecule has 0 saturated heterocycles. The topological polar surface area (TPSA) is 101 Å². The molecule has 1 amide bonds. The highest BCUT2D eigenvalue weighted by atomic mass is 35.5. The summed E-state index contributed by atoms with van der Waals surface area (Å²) in [4.78, 5) is 28.5. The Morgan fingerprint density at radius 3 is 2.45 bits per heavy atom. The number of hydrogen-bond acceptors (Lipinski definition) is 6. The molecular weight excluding hydrogens is 446 g/mol. The molecule has 0 saturated carbocycles. The van der Waals surface area contributed by atoms with Gasteiger partial charge in [-0.25, -0.2) is 9.99 Å². The molecule has 0 bridgehead atoms. The number of fused-ring (bicyclic) bond motifs is 1. The second-order valence-corrected chi connectivity index (χ2v) is 7.89. The van der Waals surface area contributed by atoms with Gasteiger partial charge in [-0.3, -0.25) is 9.59 Å². The molecule has 2 heterocycles. The van der Waals surface area contributed by atoms with Crippen molar-refractivity contribution in [3.05, 3.63) is 64.8 Å². The fourth-order valence-corrected chi connectivity index (χ4v) is 4.12. The molecule has 4 rings (SSSR count). The van der Waals surface area contributed by atoms with Gasteiger partial charge in [0.15, 0.2) is 11.5 Å². The molecule has 1 aliphatic heterocycles. The average molecular weight is 468 g/mol. The van der Waals surface area contributed by atoms with Crippen molar-refractivity contribution in [3.63, 3.8) is 0 Å². The molecule has 1 aromatic heterocycles. The van der Waals surface area contributed by atoms with Crippen molar-refractivity contribution in [3.8, 4) is 11.5 Å². The van der Waals surface area contributed by atoms with Crippen molar-refractivity contribution in [1.29, 1.82) is 0 Å². The van der Waals surface area contributed by atoms with E-state index in [1.54, 1.807) is 26.4 Å². The van der Waals surface area contributed by atoms with Crippen LogP contribution in [0.4, 0.5) is 0 Å². The predicted molar refractivity (Wildman–Crippen MR) is 124 cm³/mol. The molecule has 170 valence electrons. The normalized spacial score (nSPS) is 15.4. The van der Waals surface area contributed by atoms with Crippen LogP contribution >= 0.6 is 11.6 Å². The van der Waals surface area contributed by atoms with E-state index < -0.39 is 17.9 Å². The van der Waals surface area contributed by atoms with E-state index in [9.17, 15) is 9.59 Å². The summed E-state index contributed by atoms with van der Waals surface area (Å²) in [6, 6.07) is 14.4. The number of aliphatic carboxylic acids is 1. The van der Waals surface area contributed by atoms with Gasteiger partial charge in [0.05, 0.1) is 37.9 Å². The number of carbonyl (C=O) groups is 2. The first-order valence-electron chi connectivity index (χ1n) is 10.3. The quantitative estimate of drug-likeness (QED) is 0.515. The van der Waals surface area contributed by atoms with Gasteiger partial charge in [0.25, 0.3) is 0 Å². The molecule has 33 heavy (non-hydrogen) atoms. The number of benzene rings is 2. The second-order valence-electron chi connectivity index (χ2n) is 7.53. The third-order valence-electron chi connectivity index (χ3n) is 5.49. The summed E-state index contributed by atoms with van der Waals surface area (Å²) in [6.07, 6.45) is -0.0248. The van der Waals surface area contributed by atoms with Gasteiger partial charge < -0.3 is 14.6 Å². The second kappa shape index (κ2) is 9.46. The summed E-state index contributed by atoms with van der Waals surface area (Å²) in [5.41, 5.74) is 2.84. The standard InChI is InChI=1S/C24H22ClN3O5/c1-32-20-11-15-10-16(24(25)26-17(15)13-21(20)33-2)19-12-18(14-6-4-3-5-7-14)27-28(19)22(29)8-9-23(30)31/h3-7,10-11,13,19H,8-9,12H2,1-2H3,(H,30,31)/t19-/m1/s1. The number of carbonyl (C=O) groups excluding carboxylic acids is 1. The third-order valence-corrected chi connectivity index (χ3v) is 5.79. The van der Waals surface area contributed by atoms with Crippen molar-refractivity contribution >= 4 is 40.1 Å². The molecule has 2 aromatic carbocycles. The molecule has 8 nitrogen and oxygen atoms in total. The number of pyridine rings is 1. The smallest absolute Gasteiger partial charge is 0.303 e. The Morgan fingerprint density at radius 2 is 1.79 bits per heavy atom. The minimum absolute atomic E-state index is 0.166. The van der Waals surface area contributed by atoms with E-state index in [2.05, 4.69) is 10.1 Å². The Bertz CT molecular complexity index is 1250. The number of hydrazone groups is 1. The van der Waals surface area contributed by atoms with E-state index in [4.69, 9.17) is 26.2 Å². The van der Waals surface area contributed by atoms with Crippen LogP contribution in [-0.2, 0) is 9.59 Å². The van der Waals surface area contributed by atoms with Crippen LogP contribution in [0.25, 0.3) is 10.9 Å². The Labute approximate surface area is 195 Å². The summed E-state index contributed by atoms with van der Waals surface area (Å²) < 4.78 is 10.7. The zero-order valence-corrected chi connectivity index (χ0v) is 18.9. The molecule has 9 heteroatoms. The lowest BCUT2D eigenvalue weighted by atomic mass is 9.98. The highest BCUT2D eigenvalue weighted by molar-refractivity contribution is 6.30. The van der Waals surface area contributed by atoms with E-state index in [-0.39, 0.29) is 18.0 Å². The lowest BCUT2D eigenvalue weighted by molar-refractivity contribution is -0.141. The number of carboxylic acid groups (broad SMARTS) is 1. The van der Waals surface area contributed by atoms with Crippen LogP contribution in [0.1, 0.15) is 36.4 Å². The number of halogens is 1. The zero-order chi connectivity index (χ0) is 23.5. The van der Waals surface area contributed by atoms with Gasteiger partial charge in [0.1, 0.15) is 5.15 Å². The number of methoxy groups -OCH3 is 2. The van der Waals surface area contributed by atoms with Crippen LogP contribution < -0.4 is 9.47 Å². The van der Waals surface area contributed by atoms with Gasteiger partial charge in [-0.05, 0) is 17.7 Å². The number of ether oxygens (including phenoxy) is 2. The van der Waals surface area contributed by atoms with Gasteiger partial charge >= 0.3 is 5.97 Å². The monoisotopic (exact) mass is 467 g/mol. The largest absolute Gasteiger partial charge is 0.493 e. The Hall–Kier alpha value is -3.65. The molecule has 3 aromatic rings. The summed E-state index contributed by atoms with van der Waals surface area (Å²) in [5.74, 6) is -0.362. The fraction of sp³-hybridized carbons (Fsp3) is 0.250. The molecular formula is C24H22ClN3O5. The summed E-state index contributed by atoms with van der Waals surface area (Å²) in [6.45, 7) is 0. The van der Waals surface area contributed by atoms with E-state index in [0.717, 1.165) is 10.9 Å². The van der Waals surface area contributed by atoms with Crippen LogP contribution in [0.2, 0.25) is 5.15 Å². The number of nitrogens with zero attached hydrogens (tertiary/aromatic N) is 3. The van der Waals surface area contributed by atoms with Crippen molar-refractivity contribution < 1.29 is 24.2 Å². The SMILES string of the molecule is COc1cc2cc([C@H]3CC(c4ccccc4)=NN3C(=O)CCC(=O)O)c(Cl)nc2cc1OC. The van der Waals surface area contributed by atoms with Crippen LogP contribution in [0.15, 0.2) is 53.6 Å². The molecule has 0 fully saturated rings. The van der Waals surface area contributed by atoms with Gasteiger partial charge in [0, 0.05) is 29.9 Å². The maximum atomic E-state index is 12.9. The minimum atomic E-state index is -1.04. The molecule has 1 N–H and O–H groups in total. The maximum Gasteiger partial charge on any atom is 0.303 e. The average Bonchev–Trinajstić information content (AvgIpc) is 3.27. The van der Waals surface area contributed by atoms with E-state index in [0.29, 0.717) is 34.7 Å². The first-order valence-corrected chi connectivity index (χ1v) is 10.7. The van der Waals surface area contributed by atoms with Gasteiger partial charge in [-0.2, -0.15) is 5.10 Å². The van der Waals surface area contributed by atoms with Gasteiger partial charge in [-0.15, -0.1) is 0 Å². The highest BCUT2D eigenvalue weighted by Crippen LogP contribution is 2.39. The van der Waals surface area contributed by atoms with Crippen molar-refractivity contribution in [2.24, 2.45) is 5.10 Å². The van der Waals surface area contributed by atoms with E-state index >= 15 is 0 Å². The van der Waals surface area contributed by atoms with Crippen molar-refractivity contribution in [2.75, 3.05) is 14.2 Å². The van der Waals surface area contributed by atoms with Crippen LogP contribution in [0.3, 0.4) is 0 Å². The predicted octanol–water partition coefficient (Wildman–Crippen LogP) is 4.45. The summed E-state index contributed by atoms with van der Waals surface area (Å²) in [5, 5.41) is 15.9. The Balaban J connectivity index is 1.76. The Morgan fingerprint density at radius 1 is 1.09 bits per heavy atom. The van der Waals surface area contributed by atoms with Crippen molar-refractivity contribution in [2.45, 2.75) is 25.3 Å². The lowest BCUT2D eigenvalue weighted by Gasteiger charge is -2.23. The van der Waals surface area contributed by atoms with Gasteiger partial charge in [-0.1, -0.05) is 41.9 Å². The first kappa shape index (κ1) is 22.5. The molecule has 1 aliphatic rings. The molecule has 0 spiro atoms. The van der Waals surface area contributed by atoms with Crippen LogP contribution in [-0.4, -0.2) is 46.9 Å². The molecule has 0 aliphatic carbocycles. The van der Waals surface area contributed by atoms with E-state index in [1.165, 1.54) is 5.01 Å². The van der Waals surface area contributed by atoms with Crippen LogP contribution in [0, 0.1) is 0 Å². The minimum Gasteiger partial charge on any atom is -0.493 e. The highest BCUT2D eigenvalue weighted by Gasteiger charge is 2.35. The Kier molecular flexibility index (Phi) is 6.46. The molecule has 0 unspecified atom stereocenters. The summed E-state index contributed by atoms with van der Waals surface area (Å²) in [7, 11) is 3.09. The lowest BCUT2D eigenvalue weighted by Crippen LogP contribution is -2.27.